The van der Waals surface area contributed by atoms with E-state index in [1.165, 1.54) is 0 Å². The lowest BCUT2D eigenvalue weighted by atomic mass is 9.91. The van der Waals surface area contributed by atoms with Crippen LogP contribution < -0.4 is 0 Å². The van der Waals surface area contributed by atoms with Crippen LogP contribution in [0.15, 0.2) is 43.0 Å². The molecule has 1 rings (SSSR count). The number of benzene rings is 1. The van der Waals surface area contributed by atoms with Gasteiger partial charge in [0.05, 0.1) is 6.61 Å². The quantitative estimate of drug-likeness (QED) is 0.749. The summed E-state index contributed by atoms with van der Waals surface area (Å²) < 4.78 is 5.46. The number of hydrogen-bond donors (Lipinski definition) is 1. The average molecular weight is 220 g/mol. The highest BCUT2D eigenvalue weighted by molar-refractivity contribution is 5.79. The van der Waals surface area contributed by atoms with Crippen molar-refractivity contribution >= 4 is 5.97 Å². The summed E-state index contributed by atoms with van der Waals surface area (Å²) in [6.07, 6.45) is 1.93. The minimum atomic E-state index is -1.27. The summed E-state index contributed by atoms with van der Waals surface area (Å²) in [5.41, 5.74) is -0.609. The number of carboxylic acids is 1. The largest absolute Gasteiger partial charge is 0.479 e. The van der Waals surface area contributed by atoms with E-state index in [4.69, 9.17) is 4.74 Å². The Hall–Kier alpha value is -1.61. The van der Waals surface area contributed by atoms with Crippen LogP contribution >= 0.6 is 0 Å². The van der Waals surface area contributed by atoms with E-state index in [1.807, 2.05) is 6.07 Å². The fraction of sp³-hybridized carbons (Fsp3) is 0.308. The molecule has 0 radical (unpaired) electrons. The summed E-state index contributed by atoms with van der Waals surface area (Å²) in [5, 5.41) is 9.34. The Morgan fingerprint density at radius 1 is 1.50 bits per heavy atom. The van der Waals surface area contributed by atoms with E-state index in [9.17, 15) is 9.90 Å². The fourth-order valence-electron chi connectivity index (χ4n) is 1.63. The molecule has 1 aromatic rings. The average Bonchev–Trinajstić information content (AvgIpc) is 2.31. The van der Waals surface area contributed by atoms with Crippen molar-refractivity contribution in [3.05, 3.63) is 48.6 Å². The number of rotatable bonds is 6. The Morgan fingerprint density at radius 3 is 2.56 bits per heavy atom. The number of carbonyl (C=O) groups is 1. The van der Waals surface area contributed by atoms with Crippen molar-refractivity contribution in [1.29, 1.82) is 0 Å². The van der Waals surface area contributed by atoms with E-state index in [0.717, 1.165) is 0 Å². The summed E-state index contributed by atoms with van der Waals surface area (Å²) in [7, 11) is 0. The fourth-order valence-corrected chi connectivity index (χ4v) is 1.63. The molecule has 0 spiro atoms. The van der Waals surface area contributed by atoms with Crippen LogP contribution in [0.2, 0.25) is 0 Å². The highest BCUT2D eigenvalue weighted by Crippen LogP contribution is 2.29. The van der Waals surface area contributed by atoms with Gasteiger partial charge in [-0.3, -0.25) is 0 Å². The van der Waals surface area contributed by atoms with Gasteiger partial charge in [0.2, 0.25) is 0 Å². The molecule has 0 bridgehead atoms. The molecular formula is C13H16O3. The van der Waals surface area contributed by atoms with Crippen LogP contribution in [-0.2, 0) is 15.1 Å². The van der Waals surface area contributed by atoms with E-state index >= 15 is 0 Å². The second kappa shape index (κ2) is 5.47. The predicted octanol–water partition coefficient (Wildman–Crippen LogP) is 2.58. The summed E-state index contributed by atoms with van der Waals surface area (Å²) in [4.78, 5) is 11.4. The Balaban J connectivity index is 3.12. The lowest BCUT2D eigenvalue weighted by molar-refractivity contribution is -0.166. The third-order valence-electron chi connectivity index (χ3n) is 2.53. The van der Waals surface area contributed by atoms with E-state index < -0.39 is 11.6 Å². The third-order valence-corrected chi connectivity index (χ3v) is 2.53. The van der Waals surface area contributed by atoms with Crippen LogP contribution in [0.5, 0.6) is 0 Å². The molecule has 16 heavy (non-hydrogen) atoms. The second-order valence-electron chi connectivity index (χ2n) is 3.45. The molecule has 1 N–H and O–H groups in total. The Morgan fingerprint density at radius 2 is 2.12 bits per heavy atom. The second-order valence-corrected chi connectivity index (χ2v) is 3.45. The van der Waals surface area contributed by atoms with Crippen molar-refractivity contribution in [2.24, 2.45) is 0 Å². The zero-order valence-electron chi connectivity index (χ0n) is 9.35. The third kappa shape index (κ3) is 2.31. The van der Waals surface area contributed by atoms with Gasteiger partial charge in [0, 0.05) is 0 Å². The standard InChI is InChI=1S/C13H16O3/c1-3-10-16-13(4-2,12(14)15)11-8-6-5-7-9-11/h3,5-9H,1,4,10H2,2H3,(H,14,15). The van der Waals surface area contributed by atoms with E-state index in [2.05, 4.69) is 6.58 Å². The molecule has 0 fully saturated rings. The molecular weight excluding hydrogens is 204 g/mol. The van der Waals surface area contributed by atoms with Gasteiger partial charge in [0.25, 0.3) is 0 Å². The van der Waals surface area contributed by atoms with Gasteiger partial charge in [0.15, 0.2) is 5.60 Å². The Labute approximate surface area is 95.4 Å². The Bertz CT molecular complexity index is 359. The van der Waals surface area contributed by atoms with E-state index in [1.54, 1.807) is 37.3 Å². The maximum absolute atomic E-state index is 11.4. The lowest BCUT2D eigenvalue weighted by Crippen LogP contribution is -2.38. The van der Waals surface area contributed by atoms with Gasteiger partial charge in [-0.15, -0.1) is 6.58 Å². The first kappa shape index (κ1) is 12.5. The first-order valence-electron chi connectivity index (χ1n) is 5.21. The van der Waals surface area contributed by atoms with Crippen molar-refractivity contribution in [3.63, 3.8) is 0 Å². The minimum absolute atomic E-state index is 0.217. The molecule has 86 valence electrons. The number of aliphatic carboxylic acids is 1. The summed E-state index contributed by atoms with van der Waals surface area (Å²) in [6.45, 7) is 5.55. The van der Waals surface area contributed by atoms with Crippen molar-refractivity contribution in [1.82, 2.24) is 0 Å². The van der Waals surface area contributed by atoms with Crippen molar-refractivity contribution in [2.75, 3.05) is 6.61 Å². The summed E-state index contributed by atoms with van der Waals surface area (Å²) in [5.74, 6) is -0.969. The van der Waals surface area contributed by atoms with Crippen LogP contribution in [0.25, 0.3) is 0 Å². The lowest BCUT2D eigenvalue weighted by Gasteiger charge is -2.28. The summed E-state index contributed by atoms with van der Waals surface area (Å²) in [6, 6.07) is 8.99. The topological polar surface area (TPSA) is 46.5 Å². The molecule has 0 aliphatic carbocycles. The zero-order valence-corrected chi connectivity index (χ0v) is 9.35. The van der Waals surface area contributed by atoms with Crippen LogP contribution in [0, 0.1) is 0 Å². The molecule has 0 aromatic heterocycles. The smallest absolute Gasteiger partial charge is 0.340 e. The van der Waals surface area contributed by atoms with E-state index in [-0.39, 0.29) is 6.61 Å². The molecule has 3 heteroatoms. The maximum Gasteiger partial charge on any atom is 0.340 e. The SMILES string of the molecule is C=CCOC(CC)(C(=O)O)c1ccccc1. The van der Waals surface area contributed by atoms with Crippen LogP contribution in [0.4, 0.5) is 0 Å². The van der Waals surface area contributed by atoms with Gasteiger partial charge in [0.1, 0.15) is 0 Å². The van der Waals surface area contributed by atoms with Crippen molar-refractivity contribution in [3.8, 4) is 0 Å². The number of ether oxygens (including phenoxy) is 1. The highest BCUT2D eigenvalue weighted by Gasteiger charge is 2.39. The molecule has 0 aliphatic rings. The first-order chi connectivity index (χ1) is 7.67. The van der Waals surface area contributed by atoms with Gasteiger partial charge in [-0.05, 0) is 12.0 Å². The zero-order chi connectivity index (χ0) is 12.0. The first-order valence-corrected chi connectivity index (χ1v) is 5.21. The number of carboxylic acid groups (broad SMARTS) is 1. The predicted molar refractivity (Wildman–Crippen MR) is 62.2 cm³/mol. The minimum Gasteiger partial charge on any atom is -0.479 e. The molecule has 0 amide bonds. The molecule has 0 saturated heterocycles. The normalized spacial score (nSPS) is 14.1. The number of hydrogen-bond acceptors (Lipinski definition) is 2. The Kier molecular flexibility index (Phi) is 4.26. The van der Waals surface area contributed by atoms with Gasteiger partial charge >= 0.3 is 5.97 Å². The van der Waals surface area contributed by atoms with Gasteiger partial charge < -0.3 is 9.84 Å². The van der Waals surface area contributed by atoms with Crippen molar-refractivity contribution < 1.29 is 14.6 Å². The van der Waals surface area contributed by atoms with E-state index in [0.29, 0.717) is 12.0 Å². The van der Waals surface area contributed by atoms with Crippen molar-refractivity contribution in [2.45, 2.75) is 18.9 Å². The molecule has 0 saturated carbocycles. The molecule has 3 nitrogen and oxygen atoms in total. The molecule has 1 atom stereocenters. The highest BCUT2D eigenvalue weighted by atomic mass is 16.5. The van der Waals surface area contributed by atoms with Gasteiger partial charge in [-0.25, -0.2) is 4.79 Å². The van der Waals surface area contributed by atoms with Gasteiger partial charge in [-0.1, -0.05) is 43.3 Å². The monoisotopic (exact) mass is 220 g/mol. The van der Waals surface area contributed by atoms with Gasteiger partial charge in [-0.2, -0.15) is 0 Å². The molecule has 0 aliphatic heterocycles. The summed E-state index contributed by atoms with van der Waals surface area (Å²) >= 11 is 0. The van der Waals surface area contributed by atoms with Crippen LogP contribution in [0.3, 0.4) is 0 Å². The van der Waals surface area contributed by atoms with Crippen LogP contribution in [0.1, 0.15) is 18.9 Å². The molecule has 1 aromatic carbocycles. The molecule has 1 unspecified atom stereocenters. The maximum atomic E-state index is 11.4. The van der Waals surface area contributed by atoms with Crippen LogP contribution in [-0.4, -0.2) is 17.7 Å². The molecule has 0 heterocycles.